The first kappa shape index (κ1) is 11.4. The maximum Gasteiger partial charge on any atom is 0.0333 e. The summed E-state index contributed by atoms with van der Waals surface area (Å²) in [4.78, 5) is 0. The molecule has 0 fully saturated rings. The van der Waals surface area contributed by atoms with Gasteiger partial charge in [-0.25, -0.2) is 0 Å². The van der Waals surface area contributed by atoms with E-state index in [1.807, 2.05) is 60.7 Å². The van der Waals surface area contributed by atoms with E-state index in [1.165, 1.54) is 0 Å². The van der Waals surface area contributed by atoms with E-state index in [-0.39, 0.29) is 0 Å². The Hall–Kier alpha value is -2.06. The zero-order chi connectivity index (χ0) is 12.1. The number of hydrogen-bond acceptors (Lipinski definition) is 2. The minimum Gasteiger partial charge on any atom is -0.400 e. The summed E-state index contributed by atoms with van der Waals surface area (Å²) in [6, 6.07) is 20.2. The van der Waals surface area contributed by atoms with Crippen LogP contribution >= 0.6 is 0 Å². The molecule has 0 atom stereocenters. The molecule has 0 spiro atoms. The van der Waals surface area contributed by atoms with Gasteiger partial charge in [0, 0.05) is 17.8 Å². The van der Waals surface area contributed by atoms with Crippen molar-refractivity contribution in [3.8, 4) is 0 Å². The quantitative estimate of drug-likeness (QED) is 0.841. The SMILES string of the molecule is NCC(N)=C(c1ccccc1)c1ccccc1. The van der Waals surface area contributed by atoms with E-state index in [4.69, 9.17) is 11.5 Å². The van der Waals surface area contributed by atoms with Crippen molar-refractivity contribution in [1.82, 2.24) is 0 Å². The predicted molar refractivity (Wildman–Crippen MR) is 72.1 cm³/mol. The molecule has 0 saturated heterocycles. The van der Waals surface area contributed by atoms with Crippen molar-refractivity contribution in [2.75, 3.05) is 6.54 Å². The molecule has 0 unspecified atom stereocenters. The monoisotopic (exact) mass is 224 g/mol. The molecule has 2 nitrogen and oxygen atoms in total. The Kier molecular flexibility index (Phi) is 3.58. The predicted octanol–water partition coefficient (Wildman–Crippen LogP) is 2.36. The smallest absolute Gasteiger partial charge is 0.0333 e. The fraction of sp³-hybridized carbons (Fsp3) is 0.0667. The maximum absolute atomic E-state index is 6.04. The zero-order valence-electron chi connectivity index (χ0n) is 9.64. The van der Waals surface area contributed by atoms with Crippen LogP contribution in [-0.4, -0.2) is 6.54 Å². The third kappa shape index (κ3) is 2.55. The maximum atomic E-state index is 6.04. The summed E-state index contributed by atoms with van der Waals surface area (Å²) >= 11 is 0. The van der Waals surface area contributed by atoms with Gasteiger partial charge in [-0.1, -0.05) is 60.7 Å². The van der Waals surface area contributed by atoms with Gasteiger partial charge < -0.3 is 11.5 Å². The van der Waals surface area contributed by atoms with Gasteiger partial charge in [-0.2, -0.15) is 0 Å². The first-order chi connectivity index (χ1) is 8.33. The Labute approximate surface area is 102 Å². The van der Waals surface area contributed by atoms with Crippen LogP contribution in [0.15, 0.2) is 66.4 Å². The molecule has 0 radical (unpaired) electrons. The van der Waals surface area contributed by atoms with Crippen molar-refractivity contribution in [1.29, 1.82) is 0 Å². The van der Waals surface area contributed by atoms with Gasteiger partial charge in [-0.15, -0.1) is 0 Å². The van der Waals surface area contributed by atoms with E-state index in [0.29, 0.717) is 12.2 Å². The second kappa shape index (κ2) is 5.32. The number of rotatable bonds is 3. The van der Waals surface area contributed by atoms with Crippen LogP contribution in [-0.2, 0) is 0 Å². The minimum atomic E-state index is 0.360. The van der Waals surface area contributed by atoms with E-state index < -0.39 is 0 Å². The summed E-state index contributed by atoms with van der Waals surface area (Å²) in [5, 5.41) is 0. The third-order valence-corrected chi connectivity index (χ3v) is 2.67. The number of hydrogen-bond donors (Lipinski definition) is 2. The Balaban J connectivity index is 2.56. The first-order valence-electron chi connectivity index (χ1n) is 5.62. The van der Waals surface area contributed by atoms with Crippen LogP contribution in [0.4, 0.5) is 0 Å². The zero-order valence-corrected chi connectivity index (χ0v) is 9.64. The Bertz CT molecular complexity index is 459. The molecule has 2 heteroatoms. The fourth-order valence-corrected chi connectivity index (χ4v) is 1.85. The lowest BCUT2D eigenvalue weighted by Crippen LogP contribution is -2.14. The van der Waals surface area contributed by atoms with Crippen LogP contribution in [0.25, 0.3) is 5.57 Å². The van der Waals surface area contributed by atoms with Crippen LogP contribution in [0.2, 0.25) is 0 Å². The van der Waals surface area contributed by atoms with Gasteiger partial charge in [0.1, 0.15) is 0 Å². The lowest BCUT2D eigenvalue weighted by molar-refractivity contribution is 1.11. The molecule has 0 aliphatic rings. The third-order valence-electron chi connectivity index (χ3n) is 2.67. The van der Waals surface area contributed by atoms with E-state index in [1.54, 1.807) is 0 Å². The molecule has 17 heavy (non-hydrogen) atoms. The summed E-state index contributed by atoms with van der Waals surface area (Å²) in [6.45, 7) is 0.360. The van der Waals surface area contributed by atoms with Crippen LogP contribution in [0, 0.1) is 0 Å². The first-order valence-corrected chi connectivity index (χ1v) is 5.62. The fourth-order valence-electron chi connectivity index (χ4n) is 1.85. The van der Waals surface area contributed by atoms with E-state index in [9.17, 15) is 0 Å². The molecule has 0 saturated carbocycles. The van der Waals surface area contributed by atoms with Crippen LogP contribution in [0.3, 0.4) is 0 Å². The van der Waals surface area contributed by atoms with Gasteiger partial charge in [0.2, 0.25) is 0 Å². The molecule has 2 aromatic rings. The molecule has 2 rings (SSSR count). The molecule has 0 aromatic heterocycles. The van der Waals surface area contributed by atoms with Crippen LogP contribution in [0.5, 0.6) is 0 Å². The van der Waals surface area contributed by atoms with Gasteiger partial charge in [-0.3, -0.25) is 0 Å². The summed E-state index contributed by atoms with van der Waals surface area (Å²) in [5.41, 5.74) is 15.6. The summed E-state index contributed by atoms with van der Waals surface area (Å²) in [6.07, 6.45) is 0. The molecule has 2 aromatic carbocycles. The van der Waals surface area contributed by atoms with Crippen LogP contribution in [0.1, 0.15) is 11.1 Å². The highest BCUT2D eigenvalue weighted by Gasteiger charge is 2.07. The topological polar surface area (TPSA) is 52.0 Å². The van der Waals surface area contributed by atoms with Gasteiger partial charge in [0.15, 0.2) is 0 Å². The highest BCUT2D eigenvalue weighted by molar-refractivity contribution is 5.81. The number of benzene rings is 2. The molecule has 86 valence electrons. The van der Waals surface area contributed by atoms with E-state index in [2.05, 4.69) is 0 Å². The average molecular weight is 224 g/mol. The Morgan fingerprint density at radius 3 is 1.53 bits per heavy atom. The average Bonchev–Trinajstić information content (AvgIpc) is 2.41. The highest BCUT2D eigenvalue weighted by Crippen LogP contribution is 2.24. The molecular formula is C15H16N2. The van der Waals surface area contributed by atoms with Crippen molar-refractivity contribution in [3.63, 3.8) is 0 Å². The largest absolute Gasteiger partial charge is 0.400 e. The normalized spacial score (nSPS) is 9.94. The van der Waals surface area contributed by atoms with Gasteiger partial charge >= 0.3 is 0 Å². The number of nitrogens with two attached hydrogens (primary N) is 2. The summed E-state index contributed by atoms with van der Waals surface area (Å²) in [7, 11) is 0. The molecule has 0 heterocycles. The lowest BCUT2D eigenvalue weighted by Gasteiger charge is -2.11. The van der Waals surface area contributed by atoms with Crippen molar-refractivity contribution in [2.24, 2.45) is 11.5 Å². The Morgan fingerprint density at radius 1 is 0.765 bits per heavy atom. The van der Waals surface area contributed by atoms with Crippen LogP contribution < -0.4 is 11.5 Å². The summed E-state index contributed by atoms with van der Waals surface area (Å²) in [5.74, 6) is 0. The van der Waals surface area contributed by atoms with Gasteiger partial charge in [0.25, 0.3) is 0 Å². The standard InChI is InChI=1S/C15H16N2/c16-11-14(17)15(12-7-3-1-4-8-12)13-9-5-2-6-10-13/h1-10H,11,16-17H2. The second-order valence-electron chi connectivity index (χ2n) is 3.84. The van der Waals surface area contributed by atoms with Crippen molar-refractivity contribution in [2.45, 2.75) is 0 Å². The molecule has 0 bridgehead atoms. The molecule has 4 N–H and O–H groups in total. The highest BCUT2D eigenvalue weighted by atomic mass is 14.7. The second-order valence-corrected chi connectivity index (χ2v) is 3.84. The summed E-state index contributed by atoms with van der Waals surface area (Å²) < 4.78 is 0. The lowest BCUT2D eigenvalue weighted by atomic mass is 9.96. The van der Waals surface area contributed by atoms with Crippen molar-refractivity contribution < 1.29 is 0 Å². The minimum absolute atomic E-state index is 0.360. The van der Waals surface area contributed by atoms with Gasteiger partial charge in [0.05, 0.1) is 0 Å². The van der Waals surface area contributed by atoms with E-state index >= 15 is 0 Å². The van der Waals surface area contributed by atoms with Gasteiger partial charge in [-0.05, 0) is 11.1 Å². The Morgan fingerprint density at radius 2 is 1.18 bits per heavy atom. The molecule has 0 amide bonds. The van der Waals surface area contributed by atoms with Crippen molar-refractivity contribution in [3.05, 3.63) is 77.5 Å². The molecule has 0 aliphatic heterocycles. The van der Waals surface area contributed by atoms with E-state index in [0.717, 1.165) is 16.7 Å². The molecule has 0 aliphatic carbocycles. The molecular weight excluding hydrogens is 208 g/mol. The van der Waals surface area contributed by atoms with Crippen molar-refractivity contribution >= 4 is 5.57 Å².